The van der Waals surface area contributed by atoms with E-state index in [4.69, 9.17) is 0 Å². The lowest BCUT2D eigenvalue weighted by molar-refractivity contribution is -0.144. The van der Waals surface area contributed by atoms with Crippen molar-refractivity contribution >= 4 is 34.4 Å². The van der Waals surface area contributed by atoms with E-state index in [0.29, 0.717) is 0 Å². The largest absolute Gasteiger partial charge is 0.446 e. The zero-order valence-corrected chi connectivity index (χ0v) is 11.8. The fourth-order valence-corrected chi connectivity index (χ4v) is 2.75. The minimum Gasteiger partial charge on any atom is -0.166 e. The summed E-state index contributed by atoms with van der Waals surface area (Å²) in [6.07, 6.45) is -10.4. The van der Waals surface area contributed by atoms with E-state index in [1.807, 2.05) is 0 Å². The summed E-state index contributed by atoms with van der Waals surface area (Å²) in [7, 11) is 0. The molecule has 1 rings (SSSR count). The lowest BCUT2D eigenvalue weighted by atomic mass is 10.1. The molecule has 11 heteroatoms. The first kappa shape index (κ1) is 17.7. The van der Waals surface area contributed by atoms with Crippen LogP contribution >= 0.6 is 34.4 Å². The van der Waals surface area contributed by atoms with E-state index in [0.717, 1.165) is 22.6 Å². The van der Waals surface area contributed by atoms with Gasteiger partial charge in [0, 0.05) is 8.47 Å². The summed E-state index contributed by atoms with van der Waals surface area (Å²) in [5.74, 6) is 0. The van der Waals surface area contributed by atoms with Gasteiger partial charge in [0.25, 0.3) is 0 Å². The Morgan fingerprint density at radius 1 is 0.750 bits per heavy atom. The van der Waals surface area contributed by atoms with E-state index in [1.54, 1.807) is 0 Å². The van der Waals surface area contributed by atoms with Crippen LogP contribution in [0.4, 0.5) is 39.5 Å². The molecule has 0 fully saturated rings. The van der Waals surface area contributed by atoms with Crippen LogP contribution in [0.3, 0.4) is 0 Å². The van der Waals surface area contributed by atoms with Crippen molar-refractivity contribution in [1.82, 2.24) is 0 Å². The Morgan fingerprint density at radius 2 is 1.10 bits per heavy atom. The van der Waals surface area contributed by atoms with Crippen molar-refractivity contribution in [3.8, 4) is 0 Å². The van der Waals surface area contributed by atoms with Gasteiger partial charge in [-0.25, -0.2) is 0 Å². The van der Waals surface area contributed by atoms with Crippen LogP contribution in [0.25, 0.3) is 0 Å². The van der Waals surface area contributed by atoms with Crippen LogP contribution in [-0.2, 0) is 12.4 Å². The molecule has 114 valence electrons. The molecule has 0 atom stereocenters. The standard InChI is InChI=1S/C9H2F9IS/c10-7(11,12)4-1-3(20-9(16,17)18)2-5(6(4)19)8(13,14)15/h1-2H. The maximum absolute atomic E-state index is 12.6. The molecule has 0 aliphatic heterocycles. The zero-order valence-electron chi connectivity index (χ0n) is 8.84. The highest BCUT2D eigenvalue weighted by Gasteiger charge is 2.42. The Labute approximate surface area is 123 Å². The van der Waals surface area contributed by atoms with E-state index < -0.39 is 49.2 Å². The molecule has 20 heavy (non-hydrogen) atoms. The molecule has 0 radical (unpaired) electrons. The summed E-state index contributed by atoms with van der Waals surface area (Å²) < 4.78 is 111. The molecule has 0 heterocycles. The number of thioether (sulfide) groups is 1. The maximum Gasteiger partial charge on any atom is 0.446 e. The normalized spacial score (nSPS) is 13.7. The molecule has 0 saturated heterocycles. The first-order valence-corrected chi connectivity index (χ1v) is 6.35. The molecule has 0 saturated carbocycles. The molecule has 0 aliphatic carbocycles. The third-order valence-electron chi connectivity index (χ3n) is 1.89. The fraction of sp³-hybridized carbons (Fsp3) is 0.333. The molecule has 1 aromatic rings. The van der Waals surface area contributed by atoms with Gasteiger partial charge in [-0.1, -0.05) is 0 Å². The minimum absolute atomic E-state index is 0.0508. The molecule has 0 nitrogen and oxygen atoms in total. The first-order valence-electron chi connectivity index (χ1n) is 4.45. The predicted octanol–water partition coefficient (Wildman–Crippen LogP) is 5.94. The third kappa shape index (κ3) is 4.60. The van der Waals surface area contributed by atoms with Crippen LogP contribution in [0, 0.1) is 3.57 Å². The van der Waals surface area contributed by atoms with Crippen molar-refractivity contribution in [1.29, 1.82) is 0 Å². The molecule has 0 aromatic heterocycles. The van der Waals surface area contributed by atoms with Crippen LogP contribution < -0.4 is 0 Å². The number of alkyl halides is 9. The van der Waals surface area contributed by atoms with Gasteiger partial charge in [-0.2, -0.15) is 39.5 Å². The van der Waals surface area contributed by atoms with Gasteiger partial charge >= 0.3 is 17.9 Å². The number of hydrogen-bond acceptors (Lipinski definition) is 1. The molecule has 0 aliphatic rings. The molecular formula is C9H2F9IS. The van der Waals surface area contributed by atoms with Gasteiger partial charge < -0.3 is 0 Å². The lowest BCUT2D eigenvalue weighted by Crippen LogP contribution is -2.15. The molecule has 0 spiro atoms. The molecule has 0 unspecified atom stereocenters. The lowest BCUT2D eigenvalue weighted by Gasteiger charge is -2.17. The molecule has 1 aromatic carbocycles. The zero-order chi connectivity index (χ0) is 15.9. The van der Waals surface area contributed by atoms with Crippen LogP contribution in [0.5, 0.6) is 0 Å². The van der Waals surface area contributed by atoms with Crippen LogP contribution in [0.1, 0.15) is 11.1 Å². The molecule has 0 bridgehead atoms. The van der Waals surface area contributed by atoms with Gasteiger partial charge in [0.15, 0.2) is 0 Å². The second-order valence-electron chi connectivity index (χ2n) is 3.38. The maximum atomic E-state index is 12.6. The SMILES string of the molecule is FC(F)(F)Sc1cc(C(F)(F)F)c(I)c(C(F)(F)F)c1. The highest BCUT2D eigenvalue weighted by molar-refractivity contribution is 14.1. The number of hydrogen-bond donors (Lipinski definition) is 0. The molecule has 0 N–H and O–H groups in total. The third-order valence-corrected chi connectivity index (χ3v) is 3.76. The second kappa shape index (κ2) is 5.46. The summed E-state index contributed by atoms with van der Waals surface area (Å²) in [6, 6.07) is 0.102. The quantitative estimate of drug-likeness (QED) is 0.296. The Hall–Kier alpha value is -0.330. The van der Waals surface area contributed by atoms with Gasteiger partial charge in [-0.3, -0.25) is 0 Å². The van der Waals surface area contributed by atoms with Gasteiger partial charge in [-0.05, 0) is 46.5 Å². The smallest absolute Gasteiger partial charge is 0.166 e. The van der Waals surface area contributed by atoms with Crippen LogP contribution in [0.2, 0.25) is 0 Å². The Kier molecular flexibility index (Phi) is 4.84. The molecule has 0 amide bonds. The van der Waals surface area contributed by atoms with Crippen molar-refractivity contribution in [3.63, 3.8) is 0 Å². The first-order chi connectivity index (χ1) is 8.72. The Bertz CT molecular complexity index is 465. The van der Waals surface area contributed by atoms with Gasteiger partial charge in [0.05, 0.1) is 11.1 Å². The van der Waals surface area contributed by atoms with E-state index in [2.05, 4.69) is 0 Å². The predicted molar refractivity (Wildman–Crippen MR) is 61.1 cm³/mol. The number of benzene rings is 1. The van der Waals surface area contributed by atoms with Gasteiger partial charge in [0.2, 0.25) is 0 Å². The topological polar surface area (TPSA) is 0 Å². The van der Waals surface area contributed by atoms with Crippen molar-refractivity contribution in [2.45, 2.75) is 22.8 Å². The monoisotopic (exact) mass is 440 g/mol. The highest BCUT2D eigenvalue weighted by atomic mass is 127. The average molecular weight is 440 g/mol. The minimum atomic E-state index is -5.18. The van der Waals surface area contributed by atoms with Crippen LogP contribution in [0.15, 0.2) is 17.0 Å². The van der Waals surface area contributed by atoms with Crippen LogP contribution in [-0.4, -0.2) is 5.51 Å². The summed E-state index contributed by atoms with van der Waals surface area (Å²) in [5.41, 5.74) is -8.49. The number of halogens is 10. The Balaban J connectivity index is 3.51. The summed E-state index contributed by atoms with van der Waals surface area (Å²) in [5, 5.41) is 0. The van der Waals surface area contributed by atoms with Gasteiger partial charge in [0.1, 0.15) is 0 Å². The number of rotatable bonds is 1. The Morgan fingerprint density at radius 3 is 1.35 bits per heavy atom. The average Bonchev–Trinajstić information content (AvgIpc) is 2.14. The van der Waals surface area contributed by atoms with Gasteiger partial charge in [-0.15, -0.1) is 0 Å². The molecular weight excluding hydrogens is 438 g/mol. The van der Waals surface area contributed by atoms with Crippen molar-refractivity contribution in [3.05, 3.63) is 26.8 Å². The summed E-state index contributed by atoms with van der Waals surface area (Å²) in [4.78, 5) is -1.17. The van der Waals surface area contributed by atoms with Crippen molar-refractivity contribution in [2.75, 3.05) is 0 Å². The fourth-order valence-electron chi connectivity index (χ4n) is 1.20. The van der Waals surface area contributed by atoms with E-state index in [9.17, 15) is 39.5 Å². The summed E-state index contributed by atoms with van der Waals surface area (Å²) >= 11 is -0.218. The van der Waals surface area contributed by atoms with Crippen molar-refractivity contribution in [2.24, 2.45) is 0 Å². The second-order valence-corrected chi connectivity index (χ2v) is 5.59. The van der Waals surface area contributed by atoms with E-state index >= 15 is 0 Å². The highest BCUT2D eigenvalue weighted by Crippen LogP contribution is 2.45. The van der Waals surface area contributed by atoms with Crippen molar-refractivity contribution < 1.29 is 39.5 Å². The van der Waals surface area contributed by atoms with E-state index in [1.165, 1.54) is 0 Å². The van der Waals surface area contributed by atoms with E-state index in [-0.39, 0.29) is 12.1 Å². The summed E-state index contributed by atoms with van der Waals surface area (Å²) in [6.45, 7) is 0.